The number of hydrogen-bond acceptors (Lipinski definition) is 5. The van der Waals surface area contributed by atoms with E-state index >= 15 is 0 Å². The molecular weight excluding hydrogens is 442 g/mol. The van der Waals surface area contributed by atoms with Crippen LogP contribution in [0.15, 0.2) is 66.7 Å². The Morgan fingerprint density at radius 2 is 1.43 bits per heavy atom. The van der Waals surface area contributed by atoms with E-state index in [4.69, 9.17) is 15.3 Å². The number of aromatic hydroxyl groups is 3. The first-order chi connectivity index (χ1) is 16.5. The summed E-state index contributed by atoms with van der Waals surface area (Å²) in [6, 6.07) is 20.8. The standard InChI is InChI=1S/C22H31NO.C7H6O4/c1-16(2)23(17(3)4)14-13-20(19-9-7-6-8-10-19)21-15-18(5)11-12-22(21)24;8-4-1-2-6(9)5(3-4)7(10)11/h6-12,15-17,20,24H,13-14H2,1-5H3;1-3,8-9H,(H,10,11)/t20-;/m1./s1. The summed E-state index contributed by atoms with van der Waals surface area (Å²) in [5.74, 6) is -1.19. The van der Waals surface area contributed by atoms with Gasteiger partial charge in [-0.3, -0.25) is 4.90 Å². The van der Waals surface area contributed by atoms with Gasteiger partial charge in [0.1, 0.15) is 22.8 Å². The van der Waals surface area contributed by atoms with Crippen molar-refractivity contribution in [2.45, 2.75) is 59.0 Å². The average Bonchev–Trinajstić information content (AvgIpc) is 2.80. The third-order valence-electron chi connectivity index (χ3n) is 5.97. The first-order valence-corrected chi connectivity index (χ1v) is 11.9. The van der Waals surface area contributed by atoms with Crippen LogP contribution in [0.4, 0.5) is 0 Å². The number of carboxylic acids is 1. The Hall–Kier alpha value is -3.51. The van der Waals surface area contributed by atoms with Crippen molar-refractivity contribution in [3.05, 3.63) is 89.0 Å². The van der Waals surface area contributed by atoms with Crippen LogP contribution in [-0.2, 0) is 0 Å². The van der Waals surface area contributed by atoms with Crippen molar-refractivity contribution in [1.29, 1.82) is 0 Å². The molecule has 0 unspecified atom stereocenters. The summed E-state index contributed by atoms with van der Waals surface area (Å²) in [4.78, 5) is 12.8. The quantitative estimate of drug-likeness (QED) is 0.290. The Morgan fingerprint density at radius 3 is 1.97 bits per heavy atom. The van der Waals surface area contributed by atoms with Crippen molar-refractivity contribution in [3.8, 4) is 17.2 Å². The normalized spacial score (nSPS) is 11.9. The molecule has 1 atom stereocenters. The van der Waals surface area contributed by atoms with E-state index in [0.717, 1.165) is 30.7 Å². The van der Waals surface area contributed by atoms with Gasteiger partial charge in [-0.1, -0.05) is 48.0 Å². The molecule has 4 N–H and O–H groups in total. The summed E-state index contributed by atoms with van der Waals surface area (Å²) < 4.78 is 0. The molecule has 35 heavy (non-hydrogen) atoms. The van der Waals surface area contributed by atoms with Gasteiger partial charge in [-0.2, -0.15) is 0 Å². The number of hydrogen-bond donors (Lipinski definition) is 4. The molecular formula is C29H37NO5. The van der Waals surface area contributed by atoms with Crippen molar-refractivity contribution < 1.29 is 25.2 Å². The van der Waals surface area contributed by atoms with Gasteiger partial charge in [-0.15, -0.1) is 0 Å². The van der Waals surface area contributed by atoms with Crippen LogP contribution in [0.25, 0.3) is 0 Å². The van der Waals surface area contributed by atoms with Crippen LogP contribution in [0.5, 0.6) is 17.2 Å². The van der Waals surface area contributed by atoms with Gasteiger partial charge in [0.15, 0.2) is 0 Å². The van der Waals surface area contributed by atoms with E-state index in [0.29, 0.717) is 17.8 Å². The molecule has 6 heteroatoms. The molecule has 0 heterocycles. The minimum absolute atomic E-state index is 0.180. The van der Waals surface area contributed by atoms with Crippen LogP contribution in [0, 0.1) is 6.92 Å². The molecule has 0 aliphatic carbocycles. The van der Waals surface area contributed by atoms with Gasteiger partial charge >= 0.3 is 5.97 Å². The average molecular weight is 480 g/mol. The van der Waals surface area contributed by atoms with E-state index in [1.165, 1.54) is 17.2 Å². The molecule has 0 saturated carbocycles. The second-order valence-electron chi connectivity index (χ2n) is 9.25. The number of carbonyl (C=O) groups is 1. The number of phenols is 3. The number of aryl methyl sites for hydroxylation is 1. The second kappa shape index (κ2) is 12.8. The maximum atomic E-state index is 10.4. The van der Waals surface area contributed by atoms with Crippen LogP contribution in [0.1, 0.15) is 67.1 Å². The van der Waals surface area contributed by atoms with Gasteiger partial charge in [0.2, 0.25) is 0 Å². The number of rotatable bonds is 8. The number of carboxylic acid groups (broad SMARTS) is 1. The molecule has 0 bridgehead atoms. The summed E-state index contributed by atoms with van der Waals surface area (Å²) in [6.45, 7) is 12.1. The van der Waals surface area contributed by atoms with E-state index in [1.54, 1.807) is 0 Å². The van der Waals surface area contributed by atoms with Gasteiger partial charge in [-0.05, 0) is 77.4 Å². The fraction of sp³-hybridized carbons (Fsp3) is 0.345. The summed E-state index contributed by atoms with van der Waals surface area (Å²) >= 11 is 0. The molecule has 0 aromatic heterocycles. The molecule has 0 fully saturated rings. The lowest BCUT2D eigenvalue weighted by Crippen LogP contribution is -2.38. The molecule has 0 aliphatic rings. The summed E-state index contributed by atoms with van der Waals surface area (Å²) in [7, 11) is 0. The largest absolute Gasteiger partial charge is 0.508 e. The zero-order valence-electron chi connectivity index (χ0n) is 21.1. The first kappa shape index (κ1) is 27.7. The van der Waals surface area contributed by atoms with Gasteiger partial charge in [-0.25, -0.2) is 4.79 Å². The molecule has 3 rings (SSSR count). The number of benzene rings is 3. The van der Waals surface area contributed by atoms with Crippen molar-refractivity contribution in [3.63, 3.8) is 0 Å². The van der Waals surface area contributed by atoms with Crippen molar-refractivity contribution in [2.75, 3.05) is 6.54 Å². The van der Waals surface area contributed by atoms with Crippen LogP contribution < -0.4 is 0 Å². The molecule has 0 spiro atoms. The van der Waals surface area contributed by atoms with Gasteiger partial charge < -0.3 is 20.4 Å². The number of aromatic carboxylic acids is 1. The monoisotopic (exact) mass is 479 g/mol. The fourth-order valence-electron chi connectivity index (χ4n) is 4.23. The van der Waals surface area contributed by atoms with Gasteiger partial charge in [0.25, 0.3) is 0 Å². The molecule has 0 saturated heterocycles. The molecule has 6 nitrogen and oxygen atoms in total. The number of nitrogens with zero attached hydrogens (tertiary/aromatic N) is 1. The molecule has 0 amide bonds. The Bertz CT molecular complexity index is 1090. The van der Waals surface area contributed by atoms with E-state index in [-0.39, 0.29) is 23.0 Å². The van der Waals surface area contributed by atoms with Crippen LogP contribution in [0.2, 0.25) is 0 Å². The zero-order chi connectivity index (χ0) is 26.1. The zero-order valence-corrected chi connectivity index (χ0v) is 21.1. The lowest BCUT2D eigenvalue weighted by Gasteiger charge is -2.32. The highest BCUT2D eigenvalue weighted by Gasteiger charge is 2.21. The maximum Gasteiger partial charge on any atom is 0.339 e. The summed E-state index contributed by atoms with van der Waals surface area (Å²) in [5.41, 5.74) is 3.19. The Balaban J connectivity index is 0.000000328. The third-order valence-corrected chi connectivity index (χ3v) is 5.97. The smallest absolute Gasteiger partial charge is 0.339 e. The highest BCUT2D eigenvalue weighted by Crippen LogP contribution is 2.35. The Morgan fingerprint density at radius 1 is 0.829 bits per heavy atom. The predicted octanol–water partition coefficient (Wildman–Crippen LogP) is 6.14. The summed E-state index contributed by atoms with van der Waals surface area (Å²) in [6.07, 6.45) is 0.997. The van der Waals surface area contributed by atoms with Gasteiger partial charge in [0, 0.05) is 23.6 Å². The van der Waals surface area contributed by atoms with E-state index < -0.39 is 5.97 Å². The number of phenolic OH excluding ortho intramolecular Hbond substituents is 2. The summed E-state index contributed by atoms with van der Waals surface area (Å²) in [5, 5.41) is 36.6. The van der Waals surface area contributed by atoms with Crippen LogP contribution >= 0.6 is 0 Å². The topological polar surface area (TPSA) is 101 Å². The molecule has 3 aromatic rings. The fourth-order valence-corrected chi connectivity index (χ4v) is 4.23. The van der Waals surface area contributed by atoms with E-state index in [2.05, 4.69) is 69.9 Å². The lowest BCUT2D eigenvalue weighted by atomic mass is 9.87. The SMILES string of the molecule is Cc1ccc(O)c([C@H](CCN(C(C)C)C(C)C)c2ccccc2)c1.O=C(O)c1cc(O)ccc1O. The van der Waals surface area contributed by atoms with Gasteiger partial charge in [0.05, 0.1) is 0 Å². The van der Waals surface area contributed by atoms with Crippen molar-refractivity contribution in [2.24, 2.45) is 0 Å². The van der Waals surface area contributed by atoms with E-state index in [1.807, 2.05) is 18.2 Å². The maximum absolute atomic E-state index is 10.4. The third kappa shape index (κ3) is 8.04. The molecule has 188 valence electrons. The highest BCUT2D eigenvalue weighted by molar-refractivity contribution is 5.91. The highest BCUT2D eigenvalue weighted by atomic mass is 16.4. The molecule has 0 radical (unpaired) electrons. The predicted molar refractivity (Wildman–Crippen MR) is 139 cm³/mol. The lowest BCUT2D eigenvalue weighted by molar-refractivity contribution is 0.0693. The van der Waals surface area contributed by atoms with Crippen molar-refractivity contribution >= 4 is 5.97 Å². The van der Waals surface area contributed by atoms with Crippen LogP contribution in [0.3, 0.4) is 0 Å². The molecule has 0 aliphatic heterocycles. The minimum atomic E-state index is -1.27. The first-order valence-electron chi connectivity index (χ1n) is 11.9. The van der Waals surface area contributed by atoms with Crippen molar-refractivity contribution in [1.82, 2.24) is 4.90 Å². The Labute approximate surface area is 208 Å². The minimum Gasteiger partial charge on any atom is -0.508 e. The van der Waals surface area contributed by atoms with Crippen LogP contribution in [-0.4, -0.2) is 49.9 Å². The second-order valence-corrected chi connectivity index (χ2v) is 9.25. The van der Waals surface area contributed by atoms with E-state index in [9.17, 15) is 9.90 Å². The molecule has 3 aromatic carbocycles. The Kier molecular flexibility index (Phi) is 10.2.